The molecule has 1 saturated heterocycles. The molecule has 8 heteroatoms. The summed E-state index contributed by atoms with van der Waals surface area (Å²) in [6.07, 6.45) is 1.46. The van der Waals surface area contributed by atoms with Gasteiger partial charge in [-0.1, -0.05) is 11.6 Å². The number of piperazine rings is 1. The standard InChI is InChI=1S/C10H14ClN5O2/c1-12-9(17)7-4-13-2-3-16(7)6-5-14-15-10(18)8(6)11/h5,7,13H,2-4H2,1H3,(H,12,17)(H,15,18). The number of hydrogen-bond acceptors (Lipinski definition) is 5. The molecule has 1 atom stereocenters. The number of rotatable bonds is 2. The first-order valence-corrected chi connectivity index (χ1v) is 5.95. The molecule has 0 aliphatic carbocycles. The molecule has 1 aliphatic heterocycles. The smallest absolute Gasteiger partial charge is 0.285 e. The molecule has 3 N–H and O–H groups in total. The number of likely N-dealkylation sites (N-methyl/N-ethyl adjacent to an activating group) is 1. The first-order chi connectivity index (χ1) is 8.65. The van der Waals surface area contributed by atoms with E-state index in [2.05, 4.69) is 20.8 Å². The van der Waals surface area contributed by atoms with Gasteiger partial charge in [0.1, 0.15) is 11.1 Å². The summed E-state index contributed by atoms with van der Waals surface area (Å²) in [5.41, 5.74) is 0.0267. The second-order valence-electron chi connectivity index (χ2n) is 3.93. The number of carbonyl (C=O) groups is 1. The van der Waals surface area contributed by atoms with Gasteiger partial charge < -0.3 is 15.5 Å². The highest BCUT2D eigenvalue weighted by molar-refractivity contribution is 6.33. The molecule has 7 nitrogen and oxygen atoms in total. The van der Waals surface area contributed by atoms with Gasteiger partial charge in [0.2, 0.25) is 5.91 Å². The molecule has 0 spiro atoms. The van der Waals surface area contributed by atoms with Crippen LogP contribution < -0.4 is 21.1 Å². The first kappa shape index (κ1) is 12.8. The van der Waals surface area contributed by atoms with E-state index < -0.39 is 11.6 Å². The van der Waals surface area contributed by atoms with Crippen LogP contribution in [0.15, 0.2) is 11.0 Å². The highest BCUT2D eigenvalue weighted by atomic mass is 35.5. The van der Waals surface area contributed by atoms with Gasteiger partial charge >= 0.3 is 0 Å². The zero-order valence-corrected chi connectivity index (χ0v) is 10.6. The van der Waals surface area contributed by atoms with Crippen molar-refractivity contribution in [1.82, 2.24) is 20.8 Å². The summed E-state index contributed by atoms with van der Waals surface area (Å²) in [6.45, 7) is 1.81. The van der Waals surface area contributed by atoms with Crippen molar-refractivity contribution >= 4 is 23.2 Å². The van der Waals surface area contributed by atoms with Gasteiger partial charge in [-0.25, -0.2) is 5.10 Å². The Kier molecular flexibility index (Phi) is 3.83. The predicted molar refractivity (Wildman–Crippen MR) is 67.9 cm³/mol. The van der Waals surface area contributed by atoms with Crippen LogP contribution in [0.5, 0.6) is 0 Å². The Labute approximate surface area is 109 Å². The third-order valence-corrected chi connectivity index (χ3v) is 3.24. The highest BCUT2D eigenvalue weighted by Crippen LogP contribution is 2.23. The lowest BCUT2D eigenvalue weighted by Crippen LogP contribution is -2.58. The summed E-state index contributed by atoms with van der Waals surface area (Å²) in [6, 6.07) is -0.398. The zero-order chi connectivity index (χ0) is 13.1. The van der Waals surface area contributed by atoms with Gasteiger partial charge in [-0.05, 0) is 0 Å². The van der Waals surface area contributed by atoms with Crippen LogP contribution in [0.3, 0.4) is 0 Å². The second-order valence-corrected chi connectivity index (χ2v) is 4.30. The van der Waals surface area contributed by atoms with Crippen LogP contribution in [-0.4, -0.2) is 48.8 Å². The zero-order valence-electron chi connectivity index (χ0n) is 9.86. The maximum absolute atomic E-state index is 11.8. The van der Waals surface area contributed by atoms with Gasteiger partial charge in [-0.2, -0.15) is 5.10 Å². The molecule has 1 aromatic heterocycles. The Bertz CT molecular complexity index is 503. The minimum absolute atomic E-state index is 0.0563. The predicted octanol–water partition coefficient (Wildman–Crippen LogP) is -1.05. The number of H-pyrrole nitrogens is 1. The number of nitrogens with zero attached hydrogens (tertiary/aromatic N) is 2. The average Bonchev–Trinajstić information content (AvgIpc) is 2.41. The van der Waals surface area contributed by atoms with E-state index in [0.29, 0.717) is 18.8 Å². The molecular formula is C10H14ClN5O2. The number of aromatic amines is 1. The molecule has 0 radical (unpaired) electrons. The van der Waals surface area contributed by atoms with Crippen molar-refractivity contribution in [2.45, 2.75) is 6.04 Å². The van der Waals surface area contributed by atoms with Crippen LogP contribution in [0.4, 0.5) is 5.69 Å². The summed E-state index contributed by atoms with van der Waals surface area (Å²) in [5, 5.41) is 11.8. The summed E-state index contributed by atoms with van der Waals surface area (Å²) in [5.74, 6) is -0.126. The van der Waals surface area contributed by atoms with E-state index >= 15 is 0 Å². The molecule has 1 fully saturated rings. The SMILES string of the molecule is CNC(=O)C1CNCCN1c1cn[nH]c(=O)c1Cl. The lowest BCUT2D eigenvalue weighted by Gasteiger charge is -2.36. The number of nitrogens with one attached hydrogen (secondary N) is 3. The summed E-state index contributed by atoms with van der Waals surface area (Å²) >= 11 is 5.96. The maximum Gasteiger partial charge on any atom is 0.285 e. The van der Waals surface area contributed by atoms with Crippen molar-refractivity contribution in [1.29, 1.82) is 0 Å². The molecule has 1 unspecified atom stereocenters. The molecule has 1 aromatic rings. The van der Waals surface area contributed by atoms with Crippen LogP contribution in [0.25, 0.3) is 0 Å². The first-order valence-electron chi connectivity index (χ1n) is 5.57. The molecule has 18 heavy (non-hydrogen) atoms. The van der Waals surface area contributed by atoms with E-state index in [4.69, 9.17) is 11.6 Å². The molecular weight excluding hydrogens is 258 g/mol. The molecule has 1 aliphatic rings. The van der Waals surface area contributed by atoms with E-state index in [1.165, 1.54) is 6.20 Å². The third kappa shape index (κ3) is 2.32. The van der Waals surface area contributed by atoms with E-state index in [9.17, 15) is 9.59 Å². The van der Waals surface area contributed by atoms with Crippen molar-refractivity contribution in [3.05, 3.63) is 21.6 Å². The second kappa shape index (κ2) is 5.36. The van der Waals surface area contributed by atoms with Crippen LogP contribution in [-0.2, 0) is 4.79 Å². The van der Waals surface area contributed by atoms with E-state index in [1.54, 1.807) is 11.9 Å². The fourth-order valence-corrected chi connectivity index (χ4v) is 2.17. The van der Waals surface area contributed by atoms with Gasteiger partial charge in [-0.15, -0.1) is 0 Å². The van der Waals surface area contributed by atoms with Crippen molar-refractivity contribution in [2.24, 2.45) is 0 Å². The molecule has 0 bridgehead atoms. The van der Waals surface area contributed by atoms with Gasteiger partial charge in [-0.3, -0.25) is 9.59 Å². The Morgan fingerprint density at radius 1 is 1.67 bits per heavy atom. The van der Waals surface area contributed by atoms with E-state index in [0.717, 1.165) is 6.54 Å². The summed E-state index contributed by atoms with van der Waals surface area (Å²) in [4.78, 5) is 25.0. The molecule has 2 heterocycles. The topological polar surface area (TPSA) is 90.1 Å². The minimum atomic E-state index is -0.455. The van der Waals surface area contributed by atoms with Gasteiger partial charge in [0.05, 0.1) is 11.9 Å². The molecule has 0 aromatic carbocycles. The van der Waals surface area contributed by atoms with Crippen LogP contribution >= 0.6 is 11.6 Å². The molecule has 1 amide bonds. The van der Waals surface area contributed by atoms with E-state index in [1.807, 2.05) is 0 Å². The Morgan fingerprint density at radius 2 is 2.44 bits per heavy atom. The Balaban J connectivity index is 2.37. The lowest BCUT2D eigenvalue weighted by molar-refractivity contribution is -0.122. The quantitative estimate of drug-likeness (QED) is 0.638. The fourth-order valence-electron chi connectivity index (χ4n) is 1.97. The monoisotopic (exact) mass is 271 g/mol. The number of aromatic nitrogens is 2. The number of carbonyl (C=O) groups excluding carboxylic acids is 1. The normalized spacial score (nSPS) is 19.7. The summed E-state index contributed by atoms with van der Waals surface area (Å²) in [7, 11) is 1.58. The average molecular weight is 272 g/mol. The van der Waals surface area contributed by atoms with Crippen molar-refractivity contribution in [3.63, 3.8) is 0 Å². The minimum Gasteiger partial charge on any atom is -0.357 e. The number of halogens is 1. The van der Waals surface area contributed by atoms with Crippen molar-refractivity contribution in [2.75, 3.05) is 31.6 Å². The van der Waals surface area contributed by atoms with Crippen LogP contribution in [0, 0.1) is 0 Å². The van der Waals surface area contributed by atoms with Crippen molar-refractivity contribution < 1.29 is 4.79 Å². The van der Waals surface area contributed by atoms with Gasteiger partial charge in [0.15, 0.2) is 0 Å². The number of hydrogen-bond donors (Lipinski definition) is 3. The highest BCUT2D eigenvalue weighted by Gasteiger charge is 2.30. The third-order valence-electron chi connectivity index (χ3n) is 2.88. The molecule has 0 saturated carbocycles. The van der Waals surface area contributed by atoms with Crippen molar-refractivity contribution in [3.8, 4) is 0 Å². The van der Waals surface area contributed by atoms with E-state index in [-0.39, 0.29) is 10.9 Å². The lowest BCUT2D eigenvalue weighted by atomic mass is 10.1. The van der Waals surface area contributed by atoms with Gasteiger partial charge in [0, 0.05) is 26.7 Å². The largest absolute Gasteiger partial charge is 0.357 e. The van der Waals surface area contributed by atoms with Crippen LogP contribution in [0.1, 0.15) is 0 Å². The number of amides is 1. The maximum atomic E-state index is 11.8. The fraction of sp³-hybridized carbons (Fsp3) is 0.500. The molecule has 2 rings (SSSR count). The number of anilines is 1. The Hall–Kier alpha value is -1.60. The Morgan fingerprint density at radius 3 is 3.17 bits per heavy atom. The van der Waals surface area contributed by atoms with Gasteiger partial charge in [0.25, 0.3) is 5.56 Å². The summed E-state index contributed by atoms with van der Waals surface area (Å²) < 4.78 is 0. The van der Waals surface area contributed by atoms with Crippen LogP contribution in [0.2, 0.25) is 5.02 Å². The molecule has 98 valence electrons.